The Kier molecular flexibility index (Phi) is 6.63. The van der Waals surface area contributed by atoms with E-state index in [1.807, 2.05) is 18.4 Å². The molecule has 0 bridgehead atoms. The number of carbonyl (C=O) groups is 2. The molecule has 1 fully saturated rings. The van der Waals surface area contributed by atoms with Crippen molar-refractivity contribution in [3.63, 3.8) is 0 Å². The Morgan fingerprint density at radius 1 is 1.18 bits per heavy atom. The minimum absolute atomic E-state index is 0.0148. The van der Waals surface area contributed by atoms with E-state index in [0.29, 0.717) is 16.7 Å². The summed E-state index contributed by atoms with van der Waals surface area (Å²) in [5.74, 6) is -0.422. The fraction of sp³-hybridized carbons (Fsp3) is 0.429. The molecule has 1 aromatic heterocycles. The Morgan fingerprint density at radius 3 is 2.50 bits per heavy atom. The van der Waals surface area contributed by atoms with Gasteiger partial charge < -0.3 is 0 Å². The van der Waals surface area contributed by atoms with Crippen LogP contribution in [0.25, 0.3) is 0 Å². The Balaban J connectivity index is 1.83. The number of thiophene rings is 1. The van der Waals surface area contributed by atoms with Crippen molar-refractivity contribution < 1.29 is 14.3 Å². The third kappa shape index (κ3) is 4.84. The molecule has 28 heavy (non-hydrogen) atoms. The molecule has 4 nitrogen and oxygen atoms in total. The van der Waals surface area contributed by atoms with Crippen LogP contribution in [0.15, 0.2) is 35.7 Å². The Hall–Kier alpha value is -1.23. The topological polar surface area (TPSA) is 55.4 Å². The quantitative estimate of drug-likeness (QED) is 0.403. The van der Waals surface area contributed by atoms with Crippen molar-refractivity contribution in [2.45, 2.75) is 32.3 Å². The predicted molar refractivity (Wildman–Crippen MR) is 123 cm³/mol. The number of aryl methyl sites for hydroxylation is 1. The fourth-order valence-corrected chi connectivity index (χ4v) is 13.0. The summed E-state index contributed by atoms with van der Waals surface area (Å²) >= 11 is 5.51. The molecule has 0 atom stereocenters. The van der Waals surface area contributed by atoms with Crippen LogP contribution in [0.4, 0.5) is 5.69 Å². The second-order valence-corrected chi connectivity index (χ2v) is 19.9. The molecule has 1 aliphatic rings. The summed E-state index contributed by atoms with van der Waals surface area (Å²) < 4.78 is 4.86. The van der Waals surface area contributed by atoms with Crippen LogP contribution in [0.1, 0.15) is 40.1 Å². The Labute approximate surface area is 178 Å². The number of hydrogen-bond acceptors (Lipinski definition) is 4. The molecular weight excluding hydrogens is 457 g/mol. The van der Waals surface area contributed by atoms with E-state index in [1.165, 1.54) is 30.4 Å². The molecule has 7 heteroatoms. The maximum atomic E-state index is 13.1. The second kappa shape index (κ2) is 8.64. The van der Waals surface area contributed by atoms with Gasteiger partial charge in [-0.25, -0.2) is 0 Å². The molecule has 1 saturated heterocycles. The van der Waals surface area contributed by atoms with Gasteiger partial charge in [0, 0.05) is 0 Å². The Bertz CT molecular complexity index is 862. The molecule has 2 aromatic rings. The zero-order valence-corrected chi connectivity index (χ0v) is 19.7. The predicted octanol–water partition coefficient (Wildman–Crippen LogP) is 6.03. The van der Waals surface area contributed by atoms with E-state index in [1.54, 1.807) is 0 Å². The first-order valence-electron chi connectivity index (χ1n) is 9.55. The molecule has 1 aromatic carbocycles. The van der Waals surface area contributed by atoms with Gasteiger partial charge >= 0.3 is 179 Å². The zero-order chi connectivity index (χ0) is 20.2. The summed E-state index contributed by atoms with van der Waals surface area (Å²) in [5, 5.41) is 2.51. The molecule has 1 aliphatic heterocycles. The van der Waals surface area contributed by atoms with Gasteiger partial charge in [-0.3, -0.25) is 0 Å². The first-order valence-corrected chi connectivity index (χ1v) is 15.4. The summed E-state index contributed by atoms with van der Waals surface area (Å²) in [5.41, 5.74) is 2.77. The van der Waals surface area contributed by atoms with Crippen LogP contribution >= 0.6 is 32.1 Å². The van der Waals surface area contributed by atoms with Crippen LogP contribution in [-0.4, -0.2) is 37.5 Å². The molecule has 0 spiro atoms. The summed E-state index contributed by atoms with van der Waals surface area (Å²) in [7, 11) is 1.36. The molecule has 0 unspecified atom stereocenters. The van der Waals surface area contributed by atoms with Gasteiger partial charge in [0.05, 0.1) is 0 Å². The summed E-state index contributed by atoms with van der Waals surface area (Å²) in [6.07, 6.45) is 7.15. The van der Waals surface area contributed by atoms with Crippen molar-refractivity contribution in [2.75, 3.05) is 30.9 Å². The Morgan fingerprint density at radius 2 is 1.86 bits per heavy atom. The van der Waals surface area contributed by atoms with Crippen molar-refractivity contribution in [1.82, 2.24) is 0 Å². The number of anilines is 1. The van der Waals surface area contributed by atoms with Crippen LogP contribution in [0.5, 0.6) is 0 Å². The first-order chi connectivity index (χ1) is 13.3. The fourth-order valence-electron chi connectivity index (χ4n) is 4.09. The second-order valence-electron chi connectivity index (χ2n) is 7.79. The van der Waals surface area contributed by atoms with Crippen molar-refractivity contribution in [3.05, 3.63) is 51.7 Å². The average Bonchev–Trinajstić information content (AvgIpc) is 3.02. The van der Waals surface area contributed by atoms with Crippen LogP contribution in [0.3, 0.4) is 0 Å². The molecule has 152 valence electrons. The molecular formula is C21H27BrNO3PS. The summed E-state index contributed by atoms with van der Waals surface area (Å²) in [6.45, 7) is 1.90. The van der Waals surface area contributed by atoms with E-state index in [-0.39, 0.29) is 5.91 Å². The third-order valence-corrected chi connectivity index (χ3v) is 15.3. The van der Waals surface area contributed by atoms with Crippen LogP contribution < -0.4 is 5.32 Å². The molecule has 3 rings (SSSR count). The zero-order valence-electron chi connectivity index (χ0n) is 16.4. The molecule has 2 heterocycles. The third-order valence-electron chi connectivity index (χ3n) is 5.50. The van der Waals surface area contributed by atoms with Crippen molar-refractivity contribution in [2.24, 2.45) is 0 Å². The van der Waals surface area contributed by atoms with Gasteiger partial charge in [0.15, 0.2) is 0 Å². The van der Waals surface area contributed by atoms with Gasteiger partial charge in [-0.2, -0.15) is 0 Å². The standard InChI is InChI=1S/C21H27BrNO3PS/c1-16-15-28-20(21(25)26-2)19(16)23-18(24)14-27(22,11-7-4-8-12-27)13-17-9-5-3-6-10-17/h3,5-6,9-10,15H,4,7-8,11-14H2,1-2H3,(H,23,24). The molecule has 1 amide bonds. The molecule has 0 aliphatic carbocycles. The van der Waals surface area contributed by atoms with Crippen LogP contribution in [-0.2, 0) is 15.7 Å². The minimum atomic E-state index is -2.40. The number of rotatable bonds is 6. The SMILES string of the molecule is COC(=O)c1scc(C)c1NC(=O)CP1(Br)(Cc2ccccc2)CCCCC1. The van der Waals surface area contributed by atoms with E-state index in [2.05, 4.69) is 45.1 Å². The first kappa shape index (κ1) is 21.5. The number of esters is 1. The van der Waals surface area contributed by atoms with Crippen molar-refractivity contribution >= 4 is 49.7 Å². The van der Waals surface area contributed by atoms with E-state index in [0.717, 1.165) is 36.9 Å². The number of halogens is 1. The van der Waals surface area contributed by atoms with Crippen molar-refractivity contribution in [1.29, 1.82) is 0 Å². The molecule has 0 radical (unpaired) electrons. The summed E-state index contributed by atoms with van der Waals surface area (Å²) in [6, 6.07) is 10.5. The van der Waals surface area contributed by atoms with Gasteiger partial charge in [-0.1, -0.05) is 0 Å². The van der Waals surface area contributed by atoms with Crippen molar-refractivity contribution in [3.8, 4) is 0 Å². The van der Waals surface area contributed by atoms with E-state index >= 15 is 0 Å². The normalized spacial score (nSPS) is 19.2. The number of methoxy groups -OCH3 is 1. The van der Waals surface area contributed by atoms with Gasteiger partial charge in [-0.15, -0.1) is 0 Å². The van der Waals surface area contributed by atoms with Gasteiger partial charge in [0.2, 0.25) is 0 Å². The number of amides is 1. The number of carbonyl (C=O) groups excluding carboxylic acids is 2. The van der Waals surface area contributed by atoms with Gasteiger partial charge in [-0.05, 0) is 0 Å². The van der Waals surface area contributed by atoms with E-state index in [4.69, 9.17) is 4.74 Å². The molecule has 1 N–H and O–H groups in total. The number of benzene rings is 1. The van der Waals surface area contributed by atoms with Crippen LogP contribution in [0, 0.1) is 6.92 Å². The van der Waals surface area contributed by atoms with E-state index in [9.17, 15) is 9.59 Å². The molecule has 0 saturated carbocycles. The van der Waals surface area contributed by atoms with E-state index < -0.39 is 11.3 Å². The maximum absolute atomic E-state index is 13.1. The monoisotopic (exact) mass is 483 g/mol. The number of hydrogen-bond donors (Lipinski definition) is 1. The van der Waals surface area contributed by atoms with Crippen LogP contribution in [0.2, 0.25) is 0 Å². The van der Waals surface area contributed by atoms with Gasteiger partial charge in [0.25, 0.3) is 0 Å². The number of nitrogens with one attached hydrogen (secondary N) is 1. The average molecular weight is 484 g/mol. The van der Waals surface area contributed by atoms with Gasteiger partial charge in [0.1, 0.15) is 0 Å². The number of ether oxygens (including phenoxy) is 1. The summed E-state index contributed by atoms with van der Waals surface area (Å²) in [4.78, 5) is 25.6.